The zero-order valence-electron chi connectivity index (χ0n) is 10.7. The van der Waals surface area contributed by atoms with E-state index in [1.54, 1.807) is 0 Å². The highest BCUT2D eigenvalue weighted by Gasteiger charge is 2.31. The Bertz CT molecular complexity index is 488. The van der Waals surface area contributed by atoms with Crippen molar-refractivity contribution in [3.63, 3.8) is 0 Å². The molecule has 19 heavy (non-hydrogen) atoms. The van der Waals surface area contributed by atoms with E-state index in [1.165, 1.54) is 18.6 Å². The van der Waals surface area contributed by atoms with Gasteiger partial charge in [0.2, 0.25) is 0 Å². The van der Waals surface area contributed by atoms with Crippen molar-refractivity contribution in [3.05, 3.63) is 33.9 Å². The Morgan fingerprint density at radius 3 is 2.63 bits per heavy atom. The van der Waals surface area contributed by atoms with Gasteiger partial charge in [-0.05, 0) is 24.3 Å². The molecule has 104 valence electrons. The molecule has 4 nitrogen and oxygen atoms in total. The highest BCUT2D eigenvalue weighted by atomic mass is 19.3. The normalized spacial score (nSPS) is 17.1. The van der Waals surface area contributed by atoms with Crippen molar-refractivity contribution in [1.29, 1.82) is 0 Å². The van der Waals surface area contributed by atoms with E-state index < -0.39 is 11.3 Å². The first-order valence-electron chi connectivity index (χ1n) is 6.22. The molecule has 1 fully saturated rings. The molecular formula is C13H16F2N2O2. The first kappa shape index (κ1) is 13.7. The standard InChI is InChI=1S/C13H16F2N2O2/c1-13(5-2-6-13)8-16-11-4-3-9(17(18)19)7-10(11)12(14)15/h3-4,7,12,16H,2,5-6,8H2,1H3. The molecule has 0 aromatic heterocycles. The Morgan fingerprint density at radius 1 is 1.47 bits per heavy atom. The van der Waals surface area contributed by atoms with Crippen LogP contribution in [0.3, 0.4) is 0 Å². The number of halogens is 2. The summed E-state index contributed by atoms with van der Waals surface area (Å²) in [6, 6.07) is 3.55. The molecule has 0 amide bonds. The van der Waals surface area contributed by atoms with Crippen LogP contribution in [-0.2, 0) is 0 Å². The highest BCUT2D eigenvalue weighted by molar-refractivity contribution is 5.56. The van der Waals surface area contributed by atoms with Crippen molar-refractivity contribution in [2.75, 3.05) is 11.9 Å². The van der Waals surface area contributed by atoms with Crippen LogP contribution in [0.15, 0.2) is 18.2 Å². The third kappa shape index (κ3) is 3.00. The number of hydrogen-bond donors (Lipinski definition) is 1. The van der Waals surface area contributed by atoms with E-state index in [0.29, 0.717) is 6.54 Å². The van der Waals surface area contributed by atoms with E-state index in [9.17, 15) is 18.9 Å². The van der Waals surface area contributed by atoms with Crippen molar-refractivity contribution in [2.24, 2.45) is 5.41 Å². The summed E-state index contributed by atoms with van der Waals surface area (Å²) >= 11 is 0. The van der Waals surface area contributed by atoms with Gasteiger partial charge in [0.25, 0.3) is 12.1 Å². The number of nitro groups is 1. The van der Waals surface area contributed by atoms with Crippen molar-refractivity contribution in [1.82, 2.24) is 0 Å². The lowest BCUT2D eigenvalue weighted by Gasteiger charge is -2.38. The maximum Gasteiger partial charge on any atom is 0.270 e. The minimum Gasteiger partial charge on any atom is -0.384 e. The summed E-state index contributed by atoms with van der Waals surface area (Å²) in [5.41, 5.74) is -0.178. The molecular weight excluding hydrogens is 254 g/mol. The summed E-state index contributed by atoms with van der Waals surface area (Å²) in [5, 5.41) is 13.6. The third-order valence-corrected chi connectivity index (χ3v) is 3.75. The molecule has 1 aliphatic carbocycles. The number of nitrogens with zero attached hydrogens (tertiary/aromatic N) is 1. The van der Waals surface area contributed by atoms with E-state index in [2.05, 4.69) is 12.2 Å². The van der Waals surface area contributed by atoms with Crippen LogP contribution in [0.2, 0.25) is 0 Å². The second kappa shape index (κ2) is 5.11. The maximum absolute atomic E-state index is 12.9. The van der Waals surface area contributed by atoms with Gasteiger partial charge in [-0.2, -0.15) is 0 Å². The van der Waals surface area contributed by atoms with Gasteiger partial charge >= 0.3 is 0 Å². The van der Waals surface area contributed by atoms with Crippen LogP contribution in [0.25, 0.3) is 0 Å². The lowest BCUT2D eigenvalue weighted by Crippen LogP contribution is -2.33. The summed E-state index contributed by atoms with van der Waals surface area (Å²) in [6.45, 7) is 2.72. The Balaban J connectivity index is 2.16. The van der Waals surface area contributed by atoms with Crippen LogP contribution in [0, 0.1) is 15.5 Å². The minimum atomic E-state index is -2.73. The number of hydrogen-bond acceptors (Lipinski definition) is 3. The average Bonchev–Trinajstić information content (AvgIpc) is 2.33. The van der Waals surface area contributed by atoms with E-state index in [1.807, 2.05) is 0 Å². The molecule has 0 aliphatic heterocycles. The first-order valence-corrected chi connectivity index (χ1v) is 6.22. The molecule has 2 rings (SSSR count). The summed E-state index contributed by atoms with van der Waals surface area (Å²) in [5.74, 6) is 0. The first-order chi connectivity index (χ1) is 8.91. The average molecular weight is 270 g/mol. The molecule has 0 radical (unpaired) electrons. The van der Waals surface area contributed by atoms with E-state index >= 15 is 0 Å². The van der Waals surface area contributed by atoms with Gasteiger partial charge in [-0.1, -0.05) is 13.3 Å². The van der Waals surface area contributed by atoms with Crippen molar-refractivity contribution < 1.29 is 13.7 Å². The number of non-ortho nitro benzene ring substituents is 1. The zero-order chi connectivity index (χ0) is 14.0. The Kier molecular flexibility index (Phi) is 3.68. The molecule has 1 aliphatic rings. The predicted octanol–water partition coefficient (Wildman–Crippen LogP) is 4.13. The number of alkyl halides is 2. The zero-order valence-corrected chi connectivity index (χ0v) is 10.7. The lowest BCUT2D eigenvalue weighted by atomic mass is 9.70. The maximum atomic E-state index is 12.9. The fourth-order valence-corrected chi connectivity index (χ4v) is 2.27. The van der Waals surface area contributed by atoms with Crippen LogP contribution in [0.1, 0.15) is 38.2 Å². The summed E-state index contributed by atoms with van der Waals surface area (Å²) in [7, 11) is 0. The van der Waals surface area contributed by atoms with Gasteiger partial charge < -0.3 is 5.32 Å². The second-order valence-electron chi connectivity index (χ2n) is 5.35. The van der Waals surface area contributed by atoms with Crippen LogP contribution in [-0.4, -0.2) is 11.5 Å². The fraction of sp³-hybridized carbons (Fsp3) is 0.538. The monoisotopic (exact) mass is 270 g/mol. The van der Waals surface area contributed by atoms with Gasteiger partial charge in [0.15, 0.2) is 0 Å². The predicted molar refractivity (Wildman–Crippen MR) is 68.5 cm³/mol. The van der Waals surface area contributed by atoms with Gasteiger partial charge in [-0.15, -0.1) is 0 Å². The summed E-state index contributed by atoms with van der Waals surface area (Å²) < 4.78 is 25.8. The molecule has 0 atom stereocenters. The SMILES string of the molecule is CC1(CNc2ccc([N+](=O)[O-])cc2C(F)F)CCC1. The minimum absolute atomic E-state index is 0.154. The smallest absolute Gasteiger partial charge is 0.270 e. The number of anilines is 1. The molecule has 6 heteroatoms. The topological polar surface area (TPSA) is 55.2 Å². The van der Waals surface area contributed by atoms with Crippen molar-refractivity contribution in [3.8, 4) is 0 Å². The van der Waals surface area contributed by atoms with Crippen LogP contribution in [0.4, 0.5) is 20.2 Å². The van der Waals surface area contributed by atoms with Gasteiger partial charge in [-0.3, -0.25) is 10.1 Å². The van der Waals surface area contributed by atoms with Crippen molar-refractivity contribution in [2.45, 2.75) is 32.6 Å². The second-order valence-corrected chi connectivity index (χ2v) is 5.35. The number of benzene rings is 1. The summed E-state index contributed by atoms with van der Waals surface area (Å²) in [6.07, 6.45) is 0.602. The Hall–Kier alpha value is -1.72. The van der Waals surface area contributed by atoms with E-state index in [-0.39, 0.29) is 22.4 Å². The quantitative estimate of drug-likeness (QED) is 0.646. The molecule has 0 heterocycles. The van der Waals surface area contributed by atoms with Gasteiger partial charge in [0.05, 0.1) is 4.92 Å². The largest absolute Gasteiger partial charge is 0.384 e. The number of rotatable bonds is 5. The van der Waals surface area contributed by atoms with Crippen molar-refractivity contribution >= 4 is 11.4 Å². The molecule has 0 saturated heterocycles. The van der Waals surface area contributed by atoms with E-state index in [4.69, 9.17) is 0 Å². The lowest BCUT2D eigenvalue weighted by molar-refractivity contribution is -0.385. The highest BCUT2D eigenvalue weighted by Crippen LogP contribution is 2.41. The third-order valence-electron chi connectivity index (χ3n) is 3.75. The summed E-state index contributed by atoms with van der Waals surface area (Å²) in [4.78, 5) is 9.94. The number of nitro benzene ring substituents is 1. The molecule has 0 unspecified atom stereocenters. The van der Waals surface area contributed by atoms with E-state index in [0.717, 1.165) is 18.9 Å². The van der Waals surface area contributed by atoms with Crippen LogP contribution in [0.5, 0.6) is 0 Å². The van der Waals surface area contributed by atoms with Crippen LogP contribution < -0.4 is 5.32 Å². The molecule has 1 saturated carbocycles. The molecule has 1 aromatic rings. The molecule has 0 bridgehead atoms. The molecule has 0 spiro atoms. The Labute approximate surface area is 110 Å². The fourth-order valence-electron chi connectivity index (χ4n) is 2.27. The van der Waals surface area contributed by atoms with Gasteiger partial charge in [0, 0.05) is 29.9 Å². The number of nitrogens with one attached hydrogen (secondary N) is 1. The molecule has 1 N–H and O–H groups in total. The van der Waals surface area contributed by atoms with Crippen LogP contribution >= 0.6 is 0 Å². The Morgan fingerprint density at radius 2 is 2.16 bits per heavy atom. The van der Waals surface area contributed by atoms with Gasteiger partial charge in [-0.25, -0.2) is 8.78 Å². The van der Waals surface area contributed by atoms with Gasteiger partial charge in [0.1, 0.15) is 0 Å². The molecule has 1 aromatic carbocycles.